The van der Waals surface area contributed by atoms with Crippen LogP contribution >= 0.6 is 0 Å². The number of nitrogens with one attached hydrogen (secondary N) is 2. The van der Waals surface area contributed by atoms with Crippen LogP contribution in [0.15, 0.2) is 132 Å². The number of hydrogen-bond acceptors (Lipinski definition) is 9. The first-order valence-electron chi connectivity index (χ1n) is 21.3. The fraction of sp³-hybridized carbons (Fsp3) is 0.360. The Labute approximate surface area is 365 Å². The molecule has 7 rings (SSSR count). The van der Waals surface area contributed by atoms with Crippen LogP contribution in [-0.2, 0) is 53.4 Å². The first kappa shape index (κ1) is 44.8. The number of aliphatic hydroxyl groups excluding tert-OH is 1. The van der Waals surface area contributed by atoms with E-state index in [-0.39, 0.29) is 48.7 Å². The van der Waals surface area contributed by atoms with Crippen LogP contribution in [0.5, 0.6) is 0 Å². The Morgan fingerprint density at radius 2 is 1.52 bits per heavy atom. The monoisotopic (exact) mass is 859 g/mol. The third kappa shape index (κ3) is 11.6. The summed E-state index contributed by atoms with van der Waals surface area (Å²) in [5.41, 5.74) is 6.49. The quantitative estimate of drug-likeness (QED) is 0.0903. The topological polar surface area (TPSA) is 144 Å². The lowest BCUT2D eigenvalue weighted by Gasteiger charge is -2.38. The molecule has 326 valence electrons. The molecule has 2 fully saturated rings. The van der Waals surface area contributed by atoms with Crippen molar-refractivity contribution in [3.63, 3.8) is 0 Å². The van der Waals surface area contributed by atoms with Gasteiger partial charge in [0.2, 0.25) is 15.9 Å². The van der Waals surface area contributed by atoms with Gasteiger partial charge in [-0.3, -0.25) is 14.5 Å². The minimum absolute atomic E-state index is 0.0477. The Balaban J connectivity index is 1.07. The summed E-state index contributed by atoms with van der Waals surface area (Å²) in [6.45, 7) is 8.98. The standard InChI is InChI=1S/C50H57N3O8S/c1-34-16-26-42(27-17-34)62(57,58)52-44(29-35-11-6-5-7-12-35)47(55)51-31-40-13-8-9-14-43(40)37-22-24-39(25-23-37)49-59-41(30-46(60-49)38-20-18-36(33-54)19-21-38)32-53-28-10-15-45(53)48(56)61-50(2,3)4/h5-9,11-14,16-27,41,44-46,49,52,54H,10,15,28-33H2,1-4H3,(H,51,55). The molecule has 2 heterocycles. The van der Waals surface area contributed by atoms with Crippen LogP contribution in [0, 0.1) is 6.92 Å². The highest BCUT2D eigenvalue weighted by molar-refractivity contribution is 7.89. The molecule has 1 amide bonds. The highest BCUT2D eigenvalue weighted by Crippen LogP contribution is 2.39. The molecule has 0 bridgehead atoms. The summed E-state index contributed by atoms with van der Waals surface area (Å²) >= 11 is 0. The van der Waals surface area contributed by atoms with E-state index >= 15 is 0 Å². The smallest absolute Gasteiger partial charge is 0.323 e. The van der Waals surface area contributed by atoms with Gasteiger partial charge in [-0.1, -0.05) is 121 Å². The van der Waals surface area contributed by atoms with Gasteiger partial charge in [0.05, 0.1) is 23.7 Å². The summed E-state index contributed by atoms with van der Waals surface area (Å²) in [4.78, 5) is 29.3. The van der Waals surface area contributed by atoms with Crippen molar-refractivity contribution < 1.29 is 37.3 Å². The van der Waals surface area contributed by atoms with Crippen LogP contribution in [-0.4, -0.2) is 67.2 Å². The zero-order valence-electron chi connectivity index (χ0n) is 35.8. The van der Waals surface area contributed by atoms with E-state index in [0.29, 0.717) is 13.0 Å². The largest absolute Gasteiger partial charge is 0.459 e. The SMILES string of the molecule is Cc1ccc(S(=O)(=O)NC(Cc2ccccc2)C(=O)NCc2ccccc2-c2ccc(C3OC(CN4CCCC4C(=O)OC(C)(C)C)CC(c4ccc(CO)cc4)O3)cc2)cc1. The molecule has 12 heteroatoms. The molecule has 2 aliphatic heterocycles. The van der Waals surface area contributed by atoms with E-state index < -0.39 is 33.9 Å². The molecule has 11 nitrogen and oxygen atoms in total. The minimum Gasteiger partial charge on any atom is -0.459 e. The lowest BCUT2D eigenvalue weighted by molar-refractivity contribution is -0.253. The highest BCUT2D eigenvalue weighted by Gasteiger charge is 2.39. The number of esters is 1. The summed E-state index contributed by atoms with van der Waals surface area (Å²) in [7, 11) is -3.99. The maximum atomic E-state index is 13.9. The fourth-order valence-corrected chi connectivity index (χ4v) is 9.26. The Bertz CT molecular complexity index is 2380. The molecule has 5 atom stereocenters. The molecule has 0 radical (unpaired) electrons. The first-order chi connectivity index (χ1) is 29.7. The van der Waals surface area contributed by atoms with Gasteiger partial charge in [0.15, 0.2) is 6.29 Å². The number of ether oxygens (including phenoxy) is 3. The van der Waals surface area contributed by atoms with E-state index in [1.807, 2.05) is 131 Å². The molecular weight excluding hydrogens is 803 g/mol. The van der Waals surface area contributed by atoms with Crippen molar-refractivity contribution in [2.24, 2.45) is 0 Å². The van der Waals surface area contributed by atoms with Crippen molar-refractivity contribution in [1.29, 1.82) is 0 Å². The number of nitrogens with zero attached hydrogens (tertiary/aromatic N) is 1. The molecule has 5 aromatic rings. The Hall–Kier alpha value is -5.21. The van der Waals surface area contributed by atoms with Crippen LogP contribution < -0.4 is 10.0 Å². The van der Waals surface area contributed by atoms with Crippen LogP contribution in [0.25, 0.3) is 11.1 Å². The van der Waals surface area contributed by atoms with Crippen molar-refractivity contribution in [2.45, 2.75) is 108 Å². The molecule has 0 aliphatic carbocycles. The maximum absolute atomic E-state index is 13.9. The molecule has 5 aromatic carbocycles. The van der Waals surface area contributed by atoms with Gasteiger partial charge < -0.3 is 24.6 Å². The normalized spacial score (nSPS) is 20.1. The molecule has 2 aliphatic rings. The number of hydrogen-bond donors (Lipinski definition) is 3. The molecule has 2 saturated heterocycles. The lowest BCUT2D eigenvalue weighted by Crippen LogP contribution is -2.47. The second-order valence-electron chi connectivity index (χ2n) is 17.2. The van der Waals surface area contributed by atoms with E-state index in [4.69, 9.17) is 14.2 Å². The second kappa shape index (κ2) is 19.9. The first-order valence-corrected chi connectivity index (χ1v) is 22.8. The Morgan fingerprint density at radius 3 is 2.21 bits per heavy atom. The average Bonchev–Trinajstić information content (AvgIpc) is 3.73. The summed E-state index contributed by atoms with van der Waals surface area (Å²) in [6.07, 6.45) is 1.18. The average molecular weight is 860 g/mol. The lowest BCUT2D eigenvalue weighted by atomic mass is 9.97. The zero-order valence-corrected chi connectivity index (χ0v) is 36.6. The van der Waals surface area contributed by atoms with Gasteiger partial charge in [-0.05, 0) is 99.0 Å². The summed E-state index contributed by atoms with van der Waals surface area (Å²) in [5.74, 6) is -0.650. The number of benzene rings is 5. The number of carbonyl (C=O) groups excluding carboxylic acids is 2. The minimum atomic E-state index is -3.99. The molecule has 0 saturated carbocycles. The summed E-state index contributed by atoms with van der Waals surface area (Å²) in [5, 5.41) is 12.7. The summed E-state index contributed by atoms with van der Waals surface area (Å²) in [6, 6.07) is 38.0. The summed E-state index contributed by atoms with van der Waals surface area (Å²) < 4.78 is 48.7. The van der Waals surface area contributed by atoms with E-state index in [2.05, 4.69) is 14.9 Å². The molecule has 62 heavy (non-hydrogen) atoms. The van der Waals surface area contributed by atoms with Crippen LogP contribution in [0.3, 0.4) is 0 Å². The van der Waals surface area contributed by atoms with Crippen molar-refractivity contribution in [2.75, 3.05) is 13.1 Å². The van der Waals surface area contributed by atoms with Crippen LogP contribution in [0.1, 0.15) is 85.8 Å². The van der Waals surface area contributed by atoms with Gasteiger partial charge in [-0.25, -0.2) is 8.42 Å². The predicted molar refractivity (Wildman–Crippen MR) is 238 cm³/mol. The van der Waals surface area contributed by atoms with Crippen molar-refractivity contribution >= 4 is 21.9 Å². The van der Waals surface area contributed by atoms with Crippen LogP contribution in [0.4, 0.5) is 0 Å². The number of carbonyl (C=O) groups is 2. The van der Waals surface area contributed by atoms with Crippen molar-refractivity contribution in [3.05, 3.63) is 161 Å². The fourth-order valence-electron chi connectivity index (χ4n) is 8.07. The predicted octanol–water partition coefficient (Wildman–Crippen LogP) is 7.71. The van der Waals surface area contributed by atoms with Gasteiger partial charge in [0.1, 0.15) is 17.7 Å². The van der Waals surface area contributed by atoms with Gasteiger partial charge in [0.25, 0.3) is 0 Å². The van der Waals surface area contributed by atoms with Crippen LogP contribution in [0.2, 0.25) is 0 Å². The van der Waals surface area contributed by atoms with E-state index in [1.54, 1.807) is 12.1 Å². The number of amides is 1. The second-order valence-corrected chi connectivity index (χ2v) is 18.9. The maximum Gasteiger partial charge on any atom is 0.323 e. The molecular formula is C50H57N3O8S. The van der Waals surface area contributed by atoms with Gasteiger partial charge in [0, 0.05) is 25.1 Å². The van der Waals surface area contributed by atoms with E-state index in [0.717, 1.165) is 63.9 Å². The molecule has 5 unspecified atom stereocenters. The third-order valence-electron chi connectivity index (χ3n) is 11.3. The number of aliphatic hydroxyl groups is 1. The van der Waals surface area contributed by atoms with E-state index in [9.17, 15) is 23.1 Å². The third-order valence-corrected chi connectivity index (χ3v) is 12.8. The van der Waals surface area contributed by atoms with Gasteiger partial charge in [-0.15, -0.1) is 0 Å². The number of likely N-dealkylation sites (tertiary alicyclic amines) is 1. The van der Waals surface area contributed by atoms with Gasteiger partial charge >= 0.3 is 5.97 Å². The molecule has 0 aromatic heterocycles. The van der Waals surface area contributed by atoms with E-state index in [1.165, 1.54) is 12.1 Å². The molecule has 3 N–H and O–H groups in total. The van der Waals surface area contributed by atoms with Crippen molar-refractivity contribution in [1.82, 2.24) is 14.9 Å². The highest BCUT2D eigenvalue weighted by atomic mass is 32.2. The van der Waals surface area contributed by atoms with Crippen molar-refractivity contribution in [3.8, 4) is 11.1 Å². The Morgan fingerprint density at radius 1 is 0.839 bits per heavy atom. The number of sulfonamides is 1. The van der Waals surface area contributed by atoms with Gasteiger partial charge in [-0.2, -0.15) is 4.72 Å². The number of rotatable bonds is 15. The molecule has 0 spiro atoms. The zero-order chi connectivity index (χ0) is 43.9. The number of aryl methyl sites for hydroxylation is 1. The Kier molecular flexibility index (Phi) is 14.4.